The Morgan fingerprint density at radius 3 is 2.64 bits per heavy atom. The first-order valence-corrected chi connectivity index (χ1v) is 5.10. The quantitative estimate of drug-likeness (QED) is 0.829. The summed E-state index contributed by atoms with van der Waals surface area (Å²) in [5.74, 6) is 0. The largest absolute Gasteiger partial charge is 0.330 e. The van der Waals surface area contributed by atoms with Gasteiger partial charge in [-0.15, -0.1) is 12.4 Å². The van der Waals surface area contributed by atoms with Gasteiger partial charge in [0.1, 0.15) is 4.60 Å². The van der Waals surface area contributed by atoms with E-state index in [9.17, 15) is 0 Å². The van der Waals surface area contributed by atoms with Crippen LogP contribution < -0.4 is 11.5 Å². The number of nitrogens with two attached hydrogens (primary N) is 2. The molecule has 0 aliphatic heterocycles. The molecule has 0 radical (unpaired) electrons. The van der Waals surface area contributed by atoms with Gasteiger partial charge in [0, 0.05) is 12.2 Å². The van der Waals surface area contributed by atoms with Crippen molar-refractivity contribution < 1.29 is 0 Å². The molecule has 4 N–H and O–H groups in total. The van der Waals surface area contributed by atoms with Gasteiger partial charge in [-0.1, -0.05) is 6.07 Å². The summed E-state index contributed by atoms with van der Waals surface area (Å²) in [7, 11) is 0. The second-order valence-electron chi connectivity index (χ2n) is 2.95. The van der Waals surface area contributed by atoms with Gasteiger partial charge < -0.3 is 11.5 Å². The molecule has 0 unspecified atom stereocenters. The molecular formula is C9H15BrClN3. The van der Waals surface area contributed by atoms with Crippen LogP contribution in [0.15, 0.2) is 22.9 Å². The van der Waals surface area contributed by atoms with Crippen molar-refractivity contribution in [3.05, 3.63) is 28.5 Å². The Labute approximate surface area is 98.8 Å². The Kier molecular flexibility index (Phi) is 7.09. The molecule has 1 atom stereocenters. The third-order valence-electron chi connectivity index (χ3n) is 1.90. The van der Waals surface area contributed by atoms with E-state index in [1.54, 1.807) is 6.20 Å². The van der Waals surface area contributed by atoms with Crippen molar-refractivity contribution >= 4 is 28.3 Å². The summed E-state index contributed by atoms with van der Waals surface area (Å²) in [5, 5.41) is 0. The lowest BCUT2D eigenvalue weighted by molar-refractivity contribution is 0.616. The van der Waals surface area contributed by atoms with Crippen LogP contribution in [0, 0.1) is 0 Å². The van der Waals surface area contributed by atoms with Gasteiger partial charge >= 0.3 is 0 Å². The molecule has 0 aliphatic carbocycles. The summed E-state index contributed by atoms with van der Waals surface area (Å²) >= 11 is 3.28. The van der Waals surface area contributed by atoms with Crippen molar-refractivity contribution in [2.45, 2.75) is 18.9 Å². The molecule has 0 aliphatic rings. The SMILES string of the molecule is Cl.NCCC[C@H](N)c1ccc(Br)nc1. The maximum Gasteiger partial charge on any atom is 0.106 e. The third kappa shape index (κ3) is 4.37. The first-order chi connectivity index (χ1) is 6.24. The van der Waals surface area contributed by atoms with Crippen LogP contribution in [0.5, 0.6) is 0 Å². The smallest absolute Gasteiger partial charge is 0.106 e. The molecule has 80 valence electrons. The fraction of sp³-hybridized carbons (Fsp3) is 0.444. The molecule has 0 aromatic carbocycles. The number of hydrogen-bond acceptors (Lipinski definition) is 3. The van der Waals surface area contributed by atoms with Gasteiger partial charge in [0.2, 0.25) is 0 Å². The number of aromatic nitrogens is 1. The molecule has 0 amide bonds. The van der Waals surface area contributed by atoms with Gasteiger partial charge in [0.25, 0.3) is 0 Å². The van der Waals surface area contributed by atoms with E-state index >= 15 is 0 Å². The first kappa shape index (κ1) is 13.8. The maximum atomic E-state index is 5.92. The normalized spacial score (nSPS) is 11.9. The van der Waals surface area contributed by atoms with Crippen LogP contribution in [-0.4, -0.2) is 11.5 Å². The molecule has 5 heteroatoms. The van der Waals surface area contributed by atoms with E-state index in [4.69, 9.17) is 11.5 Å². The Hall–Kier alpha value is -0.160. The van der Waals surface area contributed by atoms with E-state index in [0.717, 1.165) is 23.0 Å². The molecule has 0 saturated carbocycles. The number of nitrogens with zero attached hydrogens (tertiary/aromatic N) is 1. The Morgan fingerprint density at radius 1 is 1.43 bits per heavy atom. The van der Waals surface area contributed by atoms with Crippen LogP contribution in [0.4, 0.5) is 0 Å². The highest BCUT2D eigenvalue weighted by Crippen LogP contribution is 2.15. The standard InChI is InChI=1S/C9H14BrN3.ClH/c10-9-4-3-7(6-13-9)8(12)2-1-5-11;/h3-4,6,8H,1-2,5,11-12H2;1H/t8-;/m0./s1. The fourth-order valence-electron chi connectivity index (χ4n) is 1.11. The molecule has 14 heavy (non-hydrogen) atoms. The van der Waals surface area contributed by atoms with Crippen molar-refractivity contribution in [3.8, 4) is 0 Å². The predicted molar refractivity (Wildman–Crippen MR) is 64.4 cm³/mol. The van der Waals surface area contributed by atoms with Crippen LogP contribution in [-0.2, 0) is 0 Å². The summed E-state index contributed by atoms with van der Waals surface area (Å²) in [5.41, 5.74) is 12.4. The third-order valence-corrected chi connectivity index (χ3v) is 2.37. The average molecular weight is 281 g/mol. The minimum absolute atomic E-state index is 0. The molecule has 3 nitrogen and oxygen atoms in total. The van der Waals surface area contributed by atoms with Crippen LogP contribution in [0.2, 0.25) is 0 Å². The molecule has 1 aromatic heterocycles. The van der Waals surface area contributed by atoms with Gasteiger partial charge in [-0.3, -0.25) is 0 Å². The van der Waals surface area contributed by atoms with Crippen LogP contribution >= 0.6 is 28.3 Å². The minimum Gasteiger partial charge on any atom is -0.330 e. The highest BCUT2D eigenvalue weighted by atomic mass is 79.9. The van der Waals surface area contributed by atoms with Crippen molar-refractivity contribution in [2.75, 3.05) is 6.54 Å². The molecule has 1 aromatic rings. The Morgan fingerprint density at radius 2 is 2.14 bits per heavy atom. The number of hydrogen-bond donors (Lipinski definition) is 2. The topological polar surface area (TPSA) is 64.9 Å². The van der Waals surface area contributed by atoms with Crippen LogP contribution in [0.25, 0.3) is 0 Å². The maximum absolute atomic E-state index is 5.92. The summed E-state index contributed by atoms with van der Waals surface area (Å²) in [6.07, 6.45) is 3.67. The van der Waals surface area contributed by atoms with Crippen molar-refractivity contribution in [3.63, 3.8) is 0 Å². The van der Waals surface area contributed by atoms with E-state index in [2.05, 4.69) is 20.9 Å². The second-order valence-corrected chi connectivity index (χ2v) is 3.76. The van der Waals surface area contributed by atoms with Gasteiger partial charge in [-0.05, 0) is 46.9 Å². The average Bonchev–Trinajstić information content (AvgIpc) is 2.15. The van der Waals surface area contributed by atoms with Gasteiger partial charge in [-0.25, -0.2) is 4.98 Å². The second kappa shape index (κ2) is 7.17. The van der Waals surface area contributed by atoms with Crippen LogP contribution in [0.1, 0.15) is 24.4 Å². The minimum atomic E-state index is 0. The van der Waals surface area contributed by atoms with Gasteiger partial charge in [-0.2, -0.15) is 0 Å². The van der Waals surface area contributed by atoms with Crippen molar-refractivity contribution in [1.82, 2.24) is 4.98 Å². The van der Waals surface area contributed by atoms with Crippen molar-refractivity contribution in [2.24, 2.45) is 11.5 Å². The number of pyridine rings is 1. The molecule has 1 heterocycles. The fourth-order valence-corrected chi connectivity index (χ4v) is 1.35. The van der Waals surface area contributed by atoms with E-state index < -0.39 is 0 Å². The molecule has 0 spiro atoms. The highest BCUT2D eigenvalue weighted by Gasteiger charge is 2.04. The monoisotopic (exact) mass is 279 g/mol. The zero-order chi connectivity index (χ0) is 9.68. The van der Waals surface area contributed by atoms with Gasteiger partial charge in [0.05, 0.1) is 0 Å². The zero-order valence-electron chi connectivity index (χ0n) is 7.82. The zero-order valence-corrected chi connectivity index (χ0v) is 10.2. The summed E-state index contributed by atoms with van der Waals surface area (Å²) in [6, 6.07) is 3.94. The first-order valence-electron chi connectivity index (χ1n) is 4.31. The van der Waals surface area contributed by atoms with Crippen LogP contribution in [0.3, 0.4) is 0 Å². The molecule has 0 fully saturated rings. The highest BCUT2D eigenvalue weighted by molar-refractivity contribution is 9.10. The molecule has 1 rings (SSSR count). The Balaban J connectivity index is 0.00000169. The van der Waals surface area contributed by atoms with E-state index in [0.29, 0.717) is 6.54 Å². The molecule has 0 saturated heterocycles. The van der Waals surface area contributed by atoms with E-state index in [1.165, 1.54) is 0 Å². The molecule has 0 bridgehead atoms. The van der Waals surface area contributed by atoms with E-state index in [-0.39, 0.29) is 18.4 Å². The Bertz CT molecular complexity index is 253. The number of rotatable bonds is 4. The van der Waals surface area contributed by atoms with Crippen molar-refractivity contribution in [1.29, 1.82) is 0 Å². The summed E-state index contributed by atoms with van der Waals surface area (Å²) in [6.45, 7) is 0.692. The number of halogens is 2. The lowest BCUT2D eigenvalue weighted by atomic mass is 10.1. The molecular weight excluding hydrogens is 265 g/mol. The lowest BCUT2D eigenvalue weighted by Gasteiger charge is -2.10. The summed E-state index contributed by atoms with van der Waals surface area (Å²) in [4.78, 5) is 4.11. The summed E-state index contributed by atoms with van der Waals surface area (Å²) < 4.78 is 0.835. The van der Waals surface area contributed by atoms with E-state index in [1.807, 2.05) is 12.1 Å². The predicted octanol–water partition coefficient (Wildman–Crippen LogP) is 2.00. The lowest BCUT2D eigenvalue weighted by Crippen LogP contribution is -2.12. The van der Waals surface area contributed by atoms with Gasteiger partial charge in [0.15, 0.2) is 0 Å².